The Balaban J connectivity index is 2.75. The number of hydrogen-bond donors (Lipinski definition) is 1. The molecule has 1 aromatic carbocycles. The lowest BCUT2D eigenvalue weighted by Crippen LogP contribution is -2.00. The average Bonchev–Trinajstić information content (AvgIpc) is 2.28. The van der Waals surface area contributed by atoms with Crippen LogP contribution in [0.3, 0.4) is 0 Å². The number of nitrogens with zero attached hydrogens (tertiary/aromatic N) is 2. The van der Waals surface area contributed by atoms with Crippen molar-refractivity contribution in [3.8, 4) is 5.75 Å². The molecular weight excluding hydrogens is 188 g/mol. The summed E-state index contributed by atoms with van der Waals surface area (Å²) in [5.41, 5.74) is 3.37. The third-order valence-electron chi connectivity index (χ3n) is 2.50. The molecule has 78 valence electrons. The minimum atomic E-state index is 0.206. The van der Waals surface area contributed by atoms with Crippen LogP contribution < -0.4 is 0 Å². The van der Waals surface area contributed by atoms with Crippen molar-refractivity contribution in [1.82, 2.24) is 9.97 Å². The molecule has 0 atom stereocenters. The van der Waals surface area contributed by atoms with Crippen molar-refractivity contribution in [2.75, 3.05) is 0 Å². The van der Waals surface area contributed by atoms with Crippen molar-refractivity contribution >= 4 is 11.0 Å². The highest BCUT2D eigenvalue weighted by Gasteiger charge is 2.07. The third-order valence-corrected chi connectivity index (χ3v) is 2.50. The maximum absolute atomic E-state index is 9.65. The lowest BCUT2D eigenvalue weighted by atomic mass is 10.2. The van der Waals surface area contributed by atoms with Gasteiger partial charge in [-0.15, -0.1) is 0 Å². The predicted molar refractivity (Wildman–Crippen MR) is 60.0 cm³/mol. The molecule has 3 nitrogen and oxygen atoms in total. The number of aromatic hydroxyl groups is 1. The Hall–Kier alpha value is -1.64. The van der Waals surface area contributed by atoms with Gasteiger partial charge >= 0.3 is 0 Å². The average molecular weight is 202 g/mol. The molecule has 0 fully saturated rings. The van der Waals surface area contributed by atoms with Crippen LogP contribution in [0.1, 0.15) is 25.2 Å². The second-order valence-corrected chi connectivity index (χ2v) is 3.47. The first-order chi connectivity index (χ1) is 7.26. The summed E-state index contributed by atoms with van der Waals surface area (Å²) >= 11 is 0. The molecule has 0 radical (unpaired) electrons. The molecular formula is C12H14N2O. The number of hydrogen-bond acceptors (Lipinski definition) is 3. The van der Waals surface area contributed by atoms with Crippen LogP contribution >= 0.6 is 0 Å². The van der Waals surface area contributed by atoms with E-state index in [2.05, 4.69) is 23.8 Å². The number of para-hydroxylation sites is 1. The van der Waals surface area contributed by atoms with Gasteiger partial charge in [0.2, 0.25) is 0 Å². The van der Waals surface area contributed by atoms with Gasteiger partial charge < -0.3 is 5.11 Å². The maximum atomic E-state index is 9.65. The SMILES string of the molecule is CCc1nc2cccc(O)c2nc1CC. The third kappa shape index (κ3) is 1.65. The van der Waals surface area contributed by atoms with E-state index in [4.69, 9.17) is 0 Å². The van der Waals surface area contributed by atoms with Crippen LogP contribution in [0.2, 0.25) is 0 Å². The van der Waals surface area contributed by atoms with Crippen LogP contribution in [0, 0.1) is 0 Å². The minimum absolute atomic E-state index is 0.206. The van der Waals surface area contributed by atoms with Gasteiger partial charge in [0.15, 0.2) is 0 Å². The fourth-order valence-corrected chi connectivity index (χ4v) is 1.70. The summed E-state index contributed by atoms with van der Waals surface area (Å²) in [5.74, 6) is 0.206. The number of fused-ring (bicyclic) bond motifs is 1. The molecule has 1 heterocycles. The van der Waals surface area contributed by atoms with E-state index in [1.54, 1.807) is 12.1 Å². The van der Waals surface area contributed by atoms with E-state index in [9.17, 15) is 5.11 Å². The maximum Gasteiger partial charge on any atom is 0.143 e. The zero-order valence-electron chi connectivity index (χ0n) is 8.99. The number of aromatic nitrogens is 2. The Morgan fingerprint density at radius 1 is 1.07 bits per heavy atom. The van der Waals surface area contributed by atoms with Gasteiger partial charge in [0.1, 0.15) is 11.3 Å². The van der Waals surface area contributed by atoms with E-state index in [1.807, 2.05) is 6.07 Å². The highest BCUT2D eigenvalue weighted by molar-refractivity contribution is 5.80. The van der Waals surface area contributed by atoms with Crippen molar-refractivity contribution in [2.45, 2.75) is 26.7 Å². The Morgan fingerprint density at radius 3 is 2.40 bits per heavy atom. The number of phenols is 1. The second-order valence-electron chi connectivity index (χ2n) is 3.47. The summed E-state index contributed by atoms with van der Waals surface area (Å²) in [5, 5.41) is 9.65. The summed E-state index contributed by atoms with van der Waals surface area (Å²) < 4.78 is 0. The molecule has 0 saturated heterocycles. The molecule has 15 heavy (non-hydrogen) atoms. The lowest BCUT2D eigenvalue weighted by Gasteiger charge is -2.06. The van der Waals surface area contributed by atoms with Crippen LogP contribution in [-0.4, -0.2) is 15.1 Å². The van der Waals surface area contributed by atoms with E-state index in [-0.39, 0.29) is 5.75 Å². The van der Waals surface area contributed by atoms with E-state index in [1.165, 1.54) is 0 Å². The predicted octanol–water partition coefficient (Wildman–Crippen LogP) is 2.46. The summed E-state index contributed by atoms with van der Waals surface area (Å²) in [7, 11) is 0. The van der Waals surface area contributed by atoms with Crippen molar-refractivity contribution in [3.05, 3.63) is 29.6 Å². The van der Waals surface area contributed by atoms with Gasteiger partial charge in [-0.25, -0.2) is 9.97 Å². The fraction of sp³-hybridized carbons (Fsp3) is 0.333. The van der Waals surface area contributed by atoms with E-state index >= 15 is 0 Å². The first-order valence-electron chi connectivity index (χ1n) is 5.23. The molecule has 2 aromatic rings. The summed E-state index contributed by atoms with van der Waals surface area (Å²) in [6.07, 6.45) is 1.72. The van der Waals surface area contributed by atoms with Crippen molar-refractivity contribution in [1.29, 1.82) is 0 Å². The van der Waals surface area contributed by atoms with Gasteiger partial charge in [0.25, 0.3) is 0 Å². The van der Waals surface area contributed by atoms with Crippen LogP contribution in [0.15, 0.2) is 18.2 Å². The van der Waals surface area contributed by atoms with Gasteiger partial charge in [0.05, 0.1) is 16.9 Å². The smallest absolute Gasteiger partial charge is 0.143 e. The molecule has 0 aliphatic rings. The second kappa shape index (κ2) is 3.85. The summed E-state index contributed by atoms with van der Waals surface area (Å²) in [6, 6.07) is 5.31. The molecule has 2 rings (SSSR count). The van der Waals surface area contributed by atoms with Gasteiger partial charge in [-0.2, -0.15) is 0 Å². The molecule has 0 unspecified atom stereocenters. The van der Waals surface area contributed by atoms with Gasteiger partial charge in [-0.1, -0.05) is 19.9 Å². The van der Waals surface area contributed by atoms with E-state index in [0.717, 1.165) is 29.7 Å². The standard InChI is InChI=1S/C12H14N2O/c1-3-8-9(4-2)14-12-10(13-8)6-5-7-11(12)15/h5-7,15H,3-4H2,1-2H3. The number of aryl methyl sites for hydroxylation is 2. The van der Waals surface area contributed by atoms with Crippen LogP contribution in [0.5, 0.6) is 5.75 Å². The molecule has 0 saturated carbocycles. The van der Waals surface area contributed by atoms with Crippen LogP contribution in [0.25, 0.3) is 11.0 Å². The van der Waals surface area contributed by atoms with Crippen molar-refractivity contribution < 1.29 is 5.11 Å². The topological polar surface area (TPSA) is 46.0 Å². The Bertz CT molecular complexity index is 494. The largest absolute Gasteiger partial charge is 0.506 e. The quantitative estimate of drug-likeness (QED) is 0.813. The molecule has 1 aromatic heterocycles. The lowest BCUT2D eigenvalue weighted by molar-refractivity contribution is 0.480. The highest BCUT2D eigenvalue weighted by atomic mass is 16.3. The summed E-state index contributed by atoms with van der Waals surface area (Å²) in [6.45, 7) is 4.12. The molecule has 1 N–H and O–H groups in total. The molecule has 0 bridgehead atoms. The van der Waals surface area contributed by atoms with Crippen LogP contribution in [0.4, 0.5) is 0 Å². The number of benzene rings is 1. The Labute approximate surface area is 88.8 Å². The monoisotopic (exact) mass is 202 g/mol. The number of rotatable bonds is 2. The first-order valence-corrected chi connectivity index (χ1v) is 5.23. The van der Waals surface area contributed by atoms with Gasteiger partial charge in [-0.05, 0) is 25.0 Å². The zero-order valence-corrected chi connectivity index (χ0v) is 8.99. The minimum Gasteiger partial charge on any atom is -0.506 e. The van der Waals surface area contributed by atoms with Gasteiger partial charge in [0, 0.05) is 0 Å². The van der Waals surface area contributed by atoms with Crippen molar-refractivity contribution in [2.24, 2.45) is 0 Å². The zero-order chi connectivity index (χ0) is 10.8. The first kappa shape index (κ1) is 9.90. The molecule has 0 aliphatic heterocycles. The molecule has 0 spiro atoms. The van der Waals surface area contributed by atoms with E-state index < -0.39 is 0 Å². The highest BCUT2D eigenvalue weighted by Crippen LogP contribution is 2.22. The van der Waals surface area contributed by atoms with Crippen LogP contribution in [-0.2, 0) is 12.8 Å². The van der Waals surface area contributed by atoms with Gasteiger partial charge in [-0.3, -0.25) is 0 Å². The number of phenolic OH excluding ortho intramolecular Hbond substituents is 1. The molecule has 0 aliphatic carbocycles. The van der Waals surface area contributed by atoms with Crippen molar-refractivity contribution in [3.63, 3.8) is 0 Å². The molecule has 3 heteroatoms. The normalized spacial score (nSPS) is 10.8. The Morgan fingerprint density at radius 2 is 1.73 bits per heavy atom. The fourth-order valence-electron chi connectivity index (χ4n) is 1.70. The summed E-state index contributed by atoms with van der Waals surface area (Å²) in [4.78, 5) is 8.95. The Kier molecular flexibility index (Phi) is 2.54. The molecule has 0 amide bonds. The van der Waals surface area contributed by atoms with E-state index in [0.29, 0.717) is 5.52 Å².